The number of hydrogen-bond donors (Lipinski definition) is 0. The van der Waals surface area contributed by atoms with E-state index in [0.29, 0.717) is 0 Å². The van der Waals surface area contributed by atoms with Crippen LogP contribution in [0.25, 0.3) is 11.1 Å². The lowest BCUT2D eigenvalue weighted by Crippen LogP contribution is -2.18. The molecule has 0 aromatic carbocycles. The second-order valence-corrected chi connectivity index (χ2v) is 4.11. The third-order valence-electron chi connectivity index (χ3n) is 1.38. The van der Waals surface area contributed by atoms with Crippen LogP contribution in [-0.4, -0.2) is 14.2 Å². The molecule has 2 nitrogen and oxygen atoms in total. The Hall–Kier alpha value is -0.800. The second-order valence-electron chi connectivity index (χ2n) is 3.25. The Morgan fingerprint density at radius 2 is 2.00 bits per heavy atom. The molecule has 1 rings (SSSR count). The van der Waals surface area contributed by atoms with Crippen LogP contribution in [0.2, 0.25) is 0 Å². The lowest BCUT2D eigenvalue weighted by atomic mass is 10.3. The fourth-order valence-corrected chi connectivity index (χ4v) is 1.67. The van der Waals surface area contributed by atoms with E-state index >= 15 is 0 Å². The third kappa shape index (κ3) is 5.60. The lowest BCUT2D eigenvalue weighted by molar-refractivity contribution is 0.277. The van der Waals surface area contributed by atoms with Gasteiger partial charge in [-0.05, 0) is 41.9 Å². The van der Waals surface area contributed by atoms with Gasteiger partial charge in [-0.2, -0.15) is 0 Å². The van der Waals surface area contributed by atoms with Crippen LogP contribution in [0.3, 0.4) is 0 Å². The Kier molecular flexibility index (Phi) is 7.09. The number of allylic oxidation sites excluding steroid dienone is 2. The maximum Gasteiger partial charge on any atom is 0.147 e. The van der Waals surface area contributed by atoms with Crippen LogP contribution in [0.5, 0.6) is 0 Å². The maximum absolute atomic E-state index is 5.24. The molecule has 0 saturated carbocycles. The van der Waals surface area contributed by atoms with Crippen molar-refractivity contribution in [2.45, 2.75) is 13.8 Å². The second kappa shape index (κ2) is 7.49. The lowest BCUT2D eigenvalue weighted by Gasteiger charge is -1.88. The van der Waals surface area contributed by atoms with Crippen molar-refractivity contribution < 1.29 is 9.15 Å². The van der Waals surface area contributed by atoms with Gasteiger partial charge in [0.2, 0.25) is 0 Å². The van der Waals surface area contributed by atoms with Crippen molar-refractivity contribution in [1.82, 2.24) is 0 Å². The minimum atomic E-state index is 0.802. The largest absolute Gasteiger partial charge is 0.463 e. The van der Waals surface area contributed by atoms with Crippen LogP contribution < -0.4 is 10.6 Å². The van der Waals surface area contributed by atoms with Gasteiger partial charge < -0.3 is 9.15 Å². The van der Waals surface area contributed by atoms with E-state index in [1.807, 2.05) is 26.0 Å². The van der Waals surface area contributed by atoms with Gasteiger partial charge in [0, 0.05) is 19.4 Å². The molecule has 0 radical (unpaired) electrons. The number of ether oxygens (including phenoxy) is 1. The van der Waals surface area contributed by atoms with Crippen LogP contribution in [0, 0.1) is 0 Å². The van der Waals surface area contributed by atoms with Crippen molar-refractivity contribution in [3.05, 3.63) is 34.6 Å². The van der Waals surface area contributed by atoms with E-state index in [1.165, 1.54) is 5.57 Å². The van der Waals surface area contributed by atoms with Gasteiger partial charge in [0.15, 0.2) is 0 Å². The summed E-state index contributed by atoms with van der Waals surface area (Å²) in [5.41, 5.74) is 2.02. The minimum absolute atomic E-state index is 0.802. The number of halogens is 1. The summed E-state index contributed by atoms with van der Waals surface area (Å²) in [6, 6.07) is 1.84. The van der Waals surface area contributed by atoms with Gasteiger partial charge in [-0.1, -0.05) is 12.2 Å². The van der Waals surface area contributed by atoms with Gasteiger partial charge in [-0.3, -0.25) is 0 Å². The standard InChI is InChI=1S/C10H11BrO.C2H6O/c1-7(2)6-9(11)10-8(3)4-5-12-10;1-3-2/h4-6H,3H2,1-2H3;1-2H3/b10-9-;. The van der Waals surface area contributed by atoms with Gasteiger partial charge >= 0.3 is 0 Å². The van der Waals surface area contributed by atoms with Crippen LogP contribution in [-0.2, 0) is 4.74 Å². The van der Waals surface area contributed by atoms with E-state index < -0.39 is 0 Å². The van der Waals surface area contributed by atoms with Crippen molar-refractivity contribution in [1.29, 1.82) is 0 Å². The van der Waals surface area contributed by atoms with Crippen LogP contribution >= 0.6 is 15.9 Å². The molecule has 0 aliphatic carbocycles. The molecule has 1 heterocycles. The summed E-state index contributed by atoms with van der Waals surface area (Å²) < 4.78 is 10.4. The first-order valence-corrected chi connectivity index (χ1v) is 5.29. The molecule has 0 aliphatic rings. The topological polar surface area (TPSA) is 22.4 Å². The van der Waals surface area contributed by atoms with E-state index in [0.717, 1.165) is 15.1 Å². The van der Waals surface area contributed by atoms with Crippen LogP contribution in [0.4, 0.5) is 0 Å². The molecule has 1 aromatic heterocycles. The zero-order valence-electron chi connectivity index (χ0n) is 9.63. The number of hydrogen-bond acceptors (Lipinski definition) is 2. The molecule has 0 atom stereocenters. The summed E-state index contributed by atoms with van der Waals surface area (Å²) in [5, 5.41) is 0.902. The van der Waals surface area contributed by atoms with E-state index in [9.17, 15) is 0 Å². The molecule has 3 heteroatoms. The van der Waals surface area contributed by atoms with Gasteiger partial charge in [0.05, 0.1) is 10.7 Å². The highest BCUT2D eigenvalue weighted by molar-refractivity contribution is 9.15. The minimum Gasteiger partial charge on any atom is -0.463 e. The van der Waals surface area contributed by atoms with E-state index in [1.54, 1.807) is 20.5 Å². The van der Waals surface area contributed by atoms with Gasteiger partial charge in [-0.15, -0.1) is 0 Å². The molecule has 0 N–H and O–H groups in total. The van der Waals surface area contributed by atoms with E-state index in [2.05, 4.69) is 27.2 Å². The summed E-state index contributed by atoms with van der Waals surface area (Å²) in [7, 11) is 3.25. The first-order valence-electron chi connectivity index (χ1n) is 4.50. The first-order chi connectivity index (χ1) is 7.02. The molecule has 0 unspecified atom stereocenters. The highest BCUT2D eigenvalue weighted by atomic mass is 79.9. The quantitative estimate of drug-likeness (QED) is 0.784. The molecule has 0 amide bonds. The molecular formula is C12H17BrO2. The molecule has 0 aliphatic heterocycles. The molecule has 1 aromatic rings. The number of furan rings is 1. The Morgan fingerprint density at radius 3 is 2.33 bits per heavy atom. The van der Waals surface area contributed by atoms with Crippen molar-refractivity contribution in [3.63, 3.8) is 0 Å². The Balaban J connectivity index is 0.000000583. The zero-order chi connectivity index (χ0) is 11.8. The number of methoxy groups -OCH3 is 1. The fraction of sp³-hybridized carbons (Fsp3) is 0.333. The maximum atomic E-state index is 5.24. The SMILES string of the molecule is C=c1cco/c1=C(\Br)C=C(C)C.COC. The summed E-state index contributed by atoms with van der Waals surface area (Å²) >= 11 is 3.42. The smallest absolute Gasteiger partial charge is 0.147 e. The highest BCUT2D eigenvalue weighted by Crippen LogP contribution is 2.07. The molecule has 0 spiro atoms. The Morgan fingerprint density at radius 1 is 1.47 bits per heavy atom. The van der Waals surface area contributed by atoms with Crippen molar-refractivity contribution in [2.24, 2.45) is 0 Å². The molecule has 0 bridgehead atoms. The van der Waals surface area contributed by atoms with Crippen LogP contribution in [0.15, 0.2) is 28.4 Å². The van der Waals surface area contributed by atoms with Gasteiger partial charge in [0.25, 0.3) is 0 Å². The molecular weight excluding hydrogens is 256 g/mol. The monoisotopic (exact) mass is 272 g/mol. The first kappa shape index (κ1) is 14.2. The average Bonchev–Trinajstić information content (AvgIpc) is 2.51. The molecule has 15 heavy (non-hydrogen) atoms. The molecule has 84 valence electrons. The van der Waals surface area contributed by atoms with E-state index in [-0.39, 0.29) is 0 Å². The van der Waals surface area contributed by atoms with Crippen LogP contribution in [0.1, 0.15) is 13.8 Å². The van der Waals surface area contributed by atoms with Gasteiger partial charge in [0.1, 0.15) is 5.42 Å². The Labute approximate surface area is 99.1 Å². The Bertz CT molecular complexity index is 411. The summed E-state index contributed by atoms with van der Waals surface area (Å²) in [6.07, 6.45) is 3.64. The fourth-order valence-electron chi connectivity index (χ4n) is 0.864. The summed E-state index contributed by atoms with van der Waals surface area (Å²) in [6.45, 7) is 7.90. The average molecular weight is 273 g/mol. The normalized spacial score (nSPS) is 11.3. The highest BCUT2D eigenvalue weighted by Gasteiger charge is 1.92. The predicted octanol–water partition coefficient (Wildman–Crippen LogP) is 2.42. The molecule has 0 fully saturated rings. The summed E-state index contributed by atoms with van der Waals surface area (Å²) in [4.78, 5) is 0. The zero-order valence-corrected chi connectivity index (χ0v) is 11.2. The van der Waals surface area contributed by atoms with Crippen molar-refractivity contribution in [3.8, 4) is 0 Å². The molecule has 0 saturated heterocycles. The summed E-state index contributed by atoms with van der Waals surface area (Å²) in [5.74, 6) is 0. The predicted molar refractivity (Wildman–Crippen MR) is 68.2 cm³/mol. The van der Waals surface area contributed by atoms with Gasteiger partial charge in [-0.25, -0.2) is 0 Å². The van der Waals surface area contributed by atoms with Crippen molar-refractivity contribution >= 4 is 27.0 Å². The van der Waals surface area contributed by atoms with Crippen molar-refractivity contribution in [2.75, 3.05) is 14.2 Å². The number of rotatable bonds is 1. The van der Waals surface area contributed by atoms with E-state index in [4.69, 9.17) is 4.42 Å². The third-order valence-corrected chi connectivity index (χ3v) is 1.97.